The summed E-state index contributed by atoms with van der Waals surface area (Å²) in [5, 5.41) is 8.17. The lowest BCUT2D eigenvalue weighted by molar-refractivity contribution is -0.151. The summed E-state index contributed by atoms with van der Waals surface area (Å²) >= 11 is 6.00. The fourth-order valence-corrected chi connectivity index (χ4v) is 2.16. The molecule has 1 heterocycles. The minimum Gasteiger partial charge on any atom is -0.465 e. The first-order valence-electron chi connectivity index (χ1n) is 6.59. The monoisotopic (exact) mass is 285 g/mol. The van der Waals surface area contributed by atoms with E-state index in [1.807, 2.05) is 20.8 Å². The van der Waals surface area contributed by atoms with Crippen LogP contribution >= 0.6 is 11.6 Å². The highest BCUT2D eigenvalue weighted by Gasteiger charge is 2.40. The van der Waals surface area contributed by atoms with Crippen LogP contribution in [-0.2, 0) is 16.1 Å². The van der Waals surface area contributed by atoms with Gasteiger partial charge in [0.05, 0.1) is 30.1 Å². The molecule has 1 aromatic heterocycles. The molecule has 0 bridgehead atoms. The number of carbonyl (C=O) groups excluding carboxylic acids is 1. The van der Waals surface area contributed by atoms with Gasteiger partial charge in [0.1, 0.15) is 5.54 Å². The Bertz CT molecular complexity index is 470. The number of carbonyl (C=O) groups is 1. The predicted molar refractivity (Wildman–Crippen MR) is 73.2 cm³/mol. The van der Waals surface area contributed by atoms with Gasteiger partial charge < -0.3 is 4.74 Å². The number of rotatable bonds is 6. The maximum atomic E-state index is 12.2. The first-order valence-corrected chi connectivity index (χ1v) is 6.97. The quantitative estimate of drug-likeness (QED) is 0.812. The van der Waals surface area contributed by atoms with Gasteiger partial charge in [0, 0.05) is 6.04 Å². The summed E-state index contributed by atoms with van der Waals surface area (Å²) < 4.78 is 6.92. The minimum atomic E-state index is -0.767. The molecule has 19 heavy (non-hydrogen) atoms. The maximum Gasteiger partial charge on any atom is 0.327 e. The normalized spacial score (nSPS) is 18.1. The summed E-state index contributed by atoms with van der Waals surface area (Å²) in [6, 6.07) is 0.403. The van der Waals surface area contributed by atoms with Crippen molar-refractivity contribution in [2.75, 3.05) is 6.61 Å². The smallest absolute Gasteiger partial charge is 0.327 e. The second kappa shape index (κ2) is 5.51. The largest absolute Gasteiger partial charge is 0.465 e. The topological polar surface area (TPSA) is 56.2 Å². The molecule has 1 saturated carbocycles. The second-order valence-electron chi connectivity index (χ2n) is 5.21. The molecule has 1 N–H and O–H groups in total. The van der Waals surface area contributed by atoms with Crippen LogP contribution < -0.4 is 5.32 Å². The average molecular weight is 286 g/mol. The molecule has 2 rings (SSSR count). The van der Waals surface area contributed by atoms with Crippen molar-refractivity contribution in [1.82, 2.24) is 15.1 Å². The molecule has 1 aliphatic rings. The highest BCUT2D eigenvalue weighted by Crippen LogP contribution is 2.25. The molecule has 0 amide bonds. The highest BCUT2D eigenvalue weighted by molar-refractivity contribution is 6.31. The summed E-state index contributed by atoms with van der Waals surface area (Å²) in [5.74, 6) is -0.243. The first kappa shape index (κ1) is 14.3. The zero-order valence-electron chi connectivity index (χ0n) is 11.6. The number of aromatic nitrogens is 2. The molecular weight excluding hydrogens is 266 g/mol. The van der Waals surface area contributed by atoms with E-state index in [4.69, 9.17) is 16.3 Å². The summed E-state index contributed by atoms with van der Waals surface area (Å²) in [4.78, 5) is 12.2. The number of halogens is 1. The van der Waals surface area contributed by atoms with Crippen molar-refractivity contribution >= 4 is 17.6 Å². The van der Waals surface area contributed by atoms with Crippen LogP contribution in [0.5, 0.6) is 0 Å². The van der Waals surface area contributed by atoms with Gasteiger partial charge in [-0.3, -0.25) is 10.00 Å². The molecule has 1 atom stereocenters. The Hall–Kier alpha value is -1.07. The molecule has 0 saturated heterocycles. The zero-order chi connectivity index (χ0) is 14.0. The number of hydrogen-bond acceptors (Lipinski definition) is 4. The molecule has 0 spiro atoms. The van der Waals surface area contributed by atoms with Crippen LogP contribution in [0, 0.1) is 6.92 Å². The van der Waals surface area contributed by atoms with Gasteiger partial charge in [0.15, 0.2) is 0 Å². The number of hydrogen-bond donors (Lipinski definition) is 1. The van der Waals surface area contributed by atoms with Crippen molar-refractivity contribution in [3.63, 3.8) is 0 Å². The Morgan fingerprint density at radius 2 is 2.37 bits per heavy atom. The highest BCUT2D eigenvalue weighted by atomic mass is 35.5. The summed E-state index contributed by atoms with van der Waals surface area (Å²) in [7, 11) is 0. The molecule has 6 heteroatoms. The van der Waals surface area contributed by atoms with E-state index in [1.54, 1.807) is 10.9 Å². The van der Waals surface area contributed by atoms with Crippen molar-refractivity contribution in [3.8, 4) is 0 Å². The average Bonchev–Trinajstić information content (AvgIpc) is 3.11. The van der Waals surface area contributed by atoms with Gasteiger partial charge in [-0.05, 0) is 33.6 Å². The Morgan fingerprint density at radius 3 is 2.84 bits per heavy atom. The van der Waals surface area contributed by atoms with Crippen molar-refractivity contribution in [1.29, 1.82) is 0 Å². The van der Waals surface area contributed by atoms with Gasteiger partial charge >= 0.3 is 5.97 Å². The van der Waals surface area contributed by atoms with Crippen LogP contribution in [0.1, 0.15) is 32.4 Å². The van der Waals surface area contributed by atoms with Crippen LogP contribution in [-0.4, -0.2) is 33.9 Å². The van der Waals surface area contributed by atoms with E-state index < -0.39 is 5.54 Å². The second-order valence-corrected chi connectivity index (χ2v) is 5.61. The van der Waals surface area contributed by atoms with Crippen LogP contribution in [0.2, 0.25) is 5.02 Å². The molecule has 5 nitrogen and oxygen atoms in total. The molecule has 0 aliphatic heterocycles. The Kier molecular flexibility index (Phi) is 4.16. The lowest BCUT2D eigenvalue weighted by atomic mass is 10.0. The third-order valence-electron chi connectivity index (χ3n) is 3.34. The van der Waals surface area contributed by atoms with Gasteiger partial charge in [0.25, 0.3) is 0 Å². The Morgan fingerprint density at radius 1 is 1.68 bits per heavy atom. The fourth-order valence-electron chi connectivity index (χ4n) is 2.02. The summed E-state index contributed by atoms with van der Waals surface area (Å²) in [6.07, 6.45) is 3.81. The van der Waals surface area contributed by atoms with E-state index in [0.29, 0.717) is 24.2 Å². The van der Waals surface area contributed by atoms with E-state index in [0.717, 1.165) is 18.5 Å². The SMILES string of the molecule is CCOC(=O)C(C)(Cn1ncc(Cl)c1C)NC1CC1. The lowest BCUT2D eigenvalue weighted by Crippen LogP contribution is -2.54. The maximum absolute atomic E-state index is 12.2. The lowest BCUT2D eigenvalue weighted by Gasteiger charge is -2.29. The third-order valence-corrected chi connectivity index (χ3v) is 3.71. The Labute approximate surface area is 118 Å². The van der Waals surface area contributed by atoms with Gasteiger partial charge in [0.2, 0.25) is 0 Å². The van der Waals surface area contributed by atoms with Crippen molar-refractivity contribution in [2.24, 2.45) is 0 Å². The summed E-state index contributed by atoms with van der Waals surface area (Å²) in [5.41, 5.74) is 0.0897. The number of nitrogens with one attached hydrogen (secondary N) is 1. The molecule has 1 unspecified atom stereocenters. The Balaban J connectivity index is 2.16. The van der Waals surface area contributed by atoms with Crippen LogP contribution in [0.25, 0.3) is 0 Å². The number of nitrogens with zero attached hydrogens (tertiary/aromatic N) is 2. The number of ether oxygens (including phenoxy) is 1. The predicted octanol–water partition coefficient (Wildman–Crippen LogP) is 1.92. The van der Waals surface area contributed by atoms with Crippen molar-refractivity contribution in [3.05, 3.63) is 16.9 Å². The van der Waals surface area contributed by atoms with Gasteiger partial charge in [-0.25, -0.2) is 4.79 Å². The van der Waals surface area contributed by atoms with E-state index >= 15 is 0 Å². The van der Waals surface area contributed by atoms with Crippen LogP contribution in [0.4, 0.5) is 0 Å². The zero-order valence-corrected chi connectivity index (χ0v) is 12.3. The van der Waals surface area contributed by atoms with E-state index in [-0.39, 0.29) is 5.97 Å². The van der Waals surface area contributed by atoms with Crippen LogP contribution in [0.15, 0.2) is 6.20 Å². The fraction of sp³-hybridized carbons (Fsp3) is 0.692. The molecule has 1 fully saturated rings. The molecule has 1 aromatic rings. The van der Waals surface area contributed by atoms with E-state index in [9.17, 15) is 4.79 Å². The van der Waals surface area contributed by atoms with Gasteiger partial charge in [-0.2, -0.15) is 5.10 Å². The van der Waals surface area contributed by atoms with Crippen molar-refractivity contribution < 1.29 is 9.53 Å². The van der Waals surface area contributed by atoms with E-state index in [2.05, 4.69) is 10.4 Å². The molecule has 0 aromatic carbocycles. The first-order chi connectivity index (χ1) is 8.96. The number of esters is 1. The van der Waals surface area contributed by atoms with Crippen molar-refractivity contribution in [2.45, 2.75) is 51.7 Å². The van der Waals surface area contributed by atoms with Gasteiger partial charge in [-0.15, -0.1) is 0 Å². The molecule has 106 valence electrons. The molecule has 0 radical (unpaired) electrons. The summed E-state index contributed by atoms with van der Waals surface area (Å²) in [6.45, 7) is 6.35. The third kappa shape index (κ3) is 3.28. The molecular formula is C13H20ClN3O2. The minimum absolute atomic E-state index is 0.243. The van der Waals surface area contributed by atoms with Gasteiger partial charge in [-0.1, -0.05) is 11.6 Å². The van der Waals surface area contributed by atoms with Crippen LogP contribution in [0.3, 0.4) is 0 Å². The molecule has 1 aliphatic carbocycles. The standard InChI is InChI=1S/C13H20ClN3O2/c1-4-19-12(18)13(3,16-10-5-6-10)8-17-9(2)11(14)7-15-17/h7,10,16H,4-6,8H2,1-3H3. The van der Waals surface area contributed by atoms with E-state index in [1.165, 1.54) is 0 Å².